The standard InChI is InChI=1S/C11H12FNO.C2H6/c1-7-2-3-8(6-10(7)12)11(14)13-9-4-5-9;1-2/h2-3,6,9H,4-5H2,1H3,(H,13,14);1-2H3. The first-order valence-electron chi connectivity index (χ1n) is 5.74. The number of rotatable bonds is 2. The van der Waals surface area contributed by atoms with Crippen molar-refractivity contribution in [2.45, 2.75) is 39.7 Å². The molecule has 0 aliphatic heterocycles. The van der Waals surface area contributed by atoms with E-state index >= 15 is 0 Å². The Hall–Kier alpha value is -1.38. The van der Waals surface area contributed by atoms with Crippen LogP contribution in [0.3, 0.4) is 0 Å². The molecular weight excluding hydrogens is 205 g/mol. The van der Waals surface area contributed by atoms with Gasteiger partial charge in [0, 0.05) is 11.6 Å². The molecule has 1 fully saturated rings. The van der Waals surface area contributed by atoms with Gasteiger partial charge in [-0.25, -0.2) is 4.39 Å². The summed E-state index contributed by atoms with van der Waals surface area (Å²) in [4.78, 5) is 11.5. The molecule has 3 heteroatoms. The maximum absolute atomic E-state index is 13.1. The first kappa shape index (κ1) is 12.7. The normalized spacial score (nSPS) is 13.8. The van der Waals surface area contributed by atoms with Crippen molar-refractivity contribution in [2.24, 2.45) is 0 Å². The summed E-state index contributed by atoms with van der Waals surface area (Å²) in [5.41, 5.74) is 0.966. The Kier molecular flexibility index (Phi) is 4.47. The van der Waals surface area contributed by atoms with Gasteiger partial charge in [0.15, 0.2) is 0 Å². The lowest BCUT2D eigenvalue weighted by Crippen LogP contribution is -2.25. The van der Waals surface area contributed by atoms with Crippen LogP contribution in [0, 0.1) is 12.7 Å². The lowest BCUT2D eigenvalue weighted by atomic mass is 10.1. The first-order chi connectivity index (χ1) is 7.66. The predicted octanol–water partition coefficient (Wildman–Crippen LogP) is 3.05. The average Bonchev–Trinajstić information content (AvgIpc) is 3.09. The quantitative estimate of drug-likeness (QED) is 0.820. The predicted molar refractivity (Wildman–Crippen MR) is 63.0 cm³/mol. The summed E-state index contributed by atoms with van der Waals surface area (Å²) < 4.78 is 13.1. The van der Waals surface area contributed by atoms with E-state index in [1.165, 1.54) is 6.07 Å². The van der Waals surface area contributed by atoms with Crippen LogP contribution in [0.25, 0.3) is 0 Å². The van der Waals surface area contributed by atoms with Crippen LogP contribution in [-0.4, -0.2) is 11.9 Å². The van der Waals surface area contributed by atoms with Crippen molar-refractivity contribution in [2.75, 3.05) is 0 Å². The fourth-order valence-corrected chi connectivity index (χ4v) is 1.23. The van der Waals surface area contributed by atoms with Gasteiger partial charge in [-0.1, -0.05) is 19.9 Å². The second kappa shape index (κ2) is 5.64. The number of carbonyl (C=O) groups excluding carboxylic acids is 1. The summed E-state index contributed by atoms with van der Waals surface area (Å²) in [7, 11) is 0. The zero-order chi connectivity index (χ0) is 12.1. The number of benzene rings is 1. The molecule has 1 aliphatic rings. The number of amides is 1. The maximum Gasteiger partial charge on any atom is 0.251 e. The molecule has 1 aromatic rings. The minimum absolute atomic E-state index is 0.175. The second-order valence-electron chi connectivity index (χ2n) is 3.71. The molecule has 0 aromatic heterocycles. The molecule has 0 spiro atoms. The van der Waals surface area contributed by atoms with E-state index in [0.717, 1.165) is 12.8 Å². The highest BCUT2D eigenvalue weighted by Gasteiger charge is 2.23. The third-order valence-electron chi connectivity index (χ3n) is 2.35. The molecule has 1 amide bonds. The molecule has 0 unspecified atom stereocenters. The van der Waals surface area contributed by atoms with Crippen molar-refractivity contribution in [3.05, 3.63) is 35.1 Å². The van der Waals surface area contributed by atoms with Crippen LogP contribution in [0.2, 0.25) is 0 Å². The maximum atomic E-state index is 13.1. The van der Waals surface area contributed by atoms with E-state index < -0.39 is 0 Å². The number of carbonyl (C=O) groups is 1. The largest absolute Gasteiger partial charge is 0.349 e. The third kappa shape index (κ3) is 3.33. The Balaban J connectivity index is 0.000000606. The van der Waals surface area contributed by atoms with Crippen LogP contribution in [0.15, 0.2) is 18.2 Å². The van der Waals surface area contributed by atoms with E-state index in [2.05, 4.69) is 5.32 Å². The average molecular weight is 223 g/mol. The summed E-state index contributed by atoms with van der Waals surface area (Å²) in [6, 6.07) is 4.87. The molecule has 2 nitrogen and oxygen atoms in total. The van der Waals surface area contributed by atoms with Crippen molar-refractivity contribution in [3.63, 3.8) is 0 Å². The fourth-order valence-electron chi connectivity index (χ4n) is 1.23. The molecule has 0 heterocycles. The lowest BCUT2D eigenvalue weighted by molar-refractivity contribution is 0.0950. The van der Waals surface area contributed by atoms with E-state index in [9.17, 15) is 9.18 Å². The molecular formula is C13H18FNO. The van der Waals surface area contributed by atoms with Crippen molar-refractivity contribution >= 4 is 5.91 Å². The van der Waals surface area contributed by atoms with Crippen molar-refractivity contribution in [1.82, 2.24) is 5.32 Å². The molecule has 0 bridgehead atoms. The number of hydrogen-bond acceptors (Lipinski definition) is 1. The molecule has 2 rings (SSSR count). The van der Waals surface area contributed by atoms with Gasteiger partial charge >= 0.3 is 0 Å². The monoisotopic (exact) mass is 223 g/mol. The van der Waals surface area contributed by atoms with E-state index in [0.29, 0.717) is 17.2 Å². The van der Waals surface area contributed by atoms with Gasteiger partial charge < -0.3 is 5.32 Å². The van der Waals surface area contributed by atoms with Crippen LogP contribution in [-0.2, 0) is 0 Å². The van der Waals surface area contributed by atoms with Gasteiger partial charge in [-0.2, -0.15) is 0 Å². The van der Waals surface area contributed by atoms with Gasteiger partial charge in [0.05, 0.1) is 0 Å². The number of nitrogens with one attached hydrogen (secondary N) is 1. The van der Waals surface area contributed by atoms with Crippen molar-refractivity contribution in [1.29, 1.82) is 0 Å². The summed E-state index contributed by atoms with van der Waals surface area (Å²) in [5, 5.41) is 2.81. The van der Waals surface area contributed by atoms with Crippen LogP contribution in [0.1, 0.15) is 42.6 Å². The summed E-state index contributed by atoms with van der Waals surface area (Å²) in [6.07, 6.45) is 2.08. The number of aryl methyl sites for hydroxylation is 1. The minimum atomic E-state index is -0.326. The third-order valence-corrected chi connectivity index (χ3v) is 2.35. The summed E-state index contributed by atoms with van der Waals surface area (Å²) >= 11 is 0. The first-order valence-corrected chi connectivity index (χ1v) is 5.74. The van der Waals surface area contributed by atoms with Gasteiger partial charge in [-0.15, -0.1) is 0 Å². The summed E-state index contributed by atoms with van der Waals surface area (Å²) in [5.74, 6) is -0.500. The van der Waals surface area contributed by atoms with Gasteiger partial charge in [0.2, 0.25) is 0 Å². The van der Waals surface area contributed by atoms with Gasteiger partial charge in [-0.3, -0.25) is 4.79 Å². The SMILES string of the molecule is CC.Cc1ccc(C(=O)NC2CC2)cc1F. The molecule has 1 saturated carbocycles. The van der Waals surface area contributed by atoms with Crippen LogP contribution >= 0.6 is 0 Å². The topological polar surface area (TPSA) is 29.1 Å². The highest BCUT2D eigenvalue weighted by Crippen LogP contribution is 2.19. The Morgan fingerprint density at radius 1 is 1.38 bits per heavy atom. The van der Waals surface area contributed by atoms with E-state index in [-0.39, 0.29) is 11.7 Å². The van der Waals surface area contributed by atoms with Gasteiger partial charge in [0.1, 0.15) is 5.82 Å². The van der Waals surface area contributed by atoms with Crippen molar-refractivity contribution in [3.8, 4) is 0 Å². The van der Waals surface area contributed by atoms with Crippen LogP contribution in [0.4, 0.5) is 4.39 Å². The molecule has 0 atom stereocenters. The zero-order valence-corrected chi connectivity index (χ0v) is 10.0. The van der Waals surface area contributed by atoms with E-state index in [1.54, 1.807) is 19.1 Å². The second-order valence-corrected chi connectivity index (χ2v) is 3.71. The van der Waals surface area contributed by atoms with Crippen molar-refractivity contribution < 1.29 is 9.18 Å². The van der Waals surface area contributed by atoms with Gasteiger partial charge in [0.25, 0.3) is 5.91 Å². The van der Waals surface area contributed by atoms with Crippen LogP contribution < -0.4 is 5.32 Å². The Labute approximate surface area is 95.9 Å². The Bertz CT molecular complexity index is 372. The molecule has 0 saturated heterocycles. The van der Waals surface area contributed by atoms with Crippen LogP contribution in [0.5, 0.6) is 0 Å². The molecule has 1 N–H and O–H groups in total. The number of halogens is 1. The lowest BCUT2D eigenvalue weighted by Gasteiger charge is -2.03. The highest BCUT2D eigenvalue weighted by molar-refractivity contribution is 5.94. The highest BCUT2D eigenvalue weighted by atomic mass is 19.1. The molecule has 16 heavy (non-hydrogen) atoms. The van der Waals surface area contributed by atoms with E-state index in [1.807, 2.05) is 13.8 Å². The Morgan fingerprint density at radius 2 is 2.00 bits per heavy atom. The smallest absolute Gasteiger partial charge is 0.251 e. The zero-order valence-electron chi connectivity index (χ0n) is 10.0. The minimum Gasteiger partial charge on any atom is -0.349 e. The molecule has 1 aliphatic carbocycles. The summed E-state index contributed by atoms with van der Waals surface area (Å²) in [6.45, 7) is 5.68. The Morgan fingerprint density at radius 3 is 2.50 bits per heavy atom. The number of hydrogen-bond donors (Lipinski definition) is 1. The molecule has 0 radical (unpaired) electrons. The van der Waals surface area contributed by atoms with Gasteiger partial charge in [-0.05, 0) is 37.5 Å². The molecule has 88 valence electrons. The fraction of sp³-hybridized carbons (Fsp3) is 0.462. The molecule has 1 aromatic carbocycles. The van der Waals surface area contributed by atoms with E-state index in [4.69, 9.17) is 0 Å².